The molecule has 0 saturated heterocycles. The number of amides is 1. The van der Waals surface area contributed by atoms with Crippen LogP contribution in [0, 0.1) is 0 Å². The van der Waals surface area contributed by atoms with Gasteiger partial charge in [0, 0.05) is 0 Å². The van der Waals surface area contributed by atoms with E-state index in [4.69, 9.17) is 0 Å². The van der Waals surface area contributed by atoms with E-state index < -0.39 is 13.6 Å². The molecule has 0 N–H and O–H groups in total. The van der Waals surface area contributed by atoms with Crippen molar-refractivity contribution in [3.63, 3.8) is 0 Å². The predicted molar refractivity (Wildman–Crippen MR) is 66.3 cm³/mol. The lowest BCUT2D eigenvalue weighted by Crippen LogP contribution is -2.10. The highest BCUT2D eigenvalue weighted by Gasteiger charge is 2.17. The van der Waals surface area contributed by atoms with Gasteiger partial charge in [-0.05, 0) is 10.8 Å². The van der Waals surface area contributed by atoms with E-state index in [1.165, 1.54) is 13.3 Å². The van der Waals surface area contributed by atoms with Gasteiger partial charge in [-0.1, -0.05) is 0 Å². The highest BCUT2D eigenvalue weighted by Crippen LogP contribution is 2.18. The van der Waals surface area contributed by atoms with Crippen molar-refractivity contribution in [3.8, 4) is 0 Å². The molecule has 0 aliphatic carbocycles. The van der Waals surface area contributed by atoms with Gasteiger partial charge in [0.2, 0.25) is 5.29 Å². The van der Waals surface area contributed by atoms with Crippen molar-refractivity contribution in [2.45, 2.75) is 0 Å². The first kappa shape index (κ1) is 13.7. The van der Waals surface area contributed by atoms with Gasteiger partial charge in [0.1, 0.15) is 7.55 Å². The number of methoxy groups -OCH3 is 1. The molecule has 0 radical (unpaired) electrons. The SMILES string of the molecule is COC(=O)N=CC(C(=O)SS)=[P+](C)C. The Balaban J connectivity index is 4.74. The Bertz CT molecular complexity index is 297. The zero-order chi connectivity index (χ0) is 11.1. The monoisotopic (exact) mass is 252 g/mol. The molecular formula is C7H11NO3PS2+. The van der Waals surface area contributed by atoms with Gasteiger partial charge in [-0.2, -0.15) is 4.99 Å². The average molecular weight is 252 g/mol. The Morgan fingerprint density at radius 3 is 2.43 bits per heavy atom. The summed E-state index contributed by atoms with van der Waals surface area (Å²) in [6.45, 7) is 3.80. The van der Waals surface area contributed by atoms with Gasteiger partial charge in [0.15, 0.2) is 0 Å². The number of nitrogens with zero attached hydrogens (tertiary/aromatic N) is 1. The van der Waals surface area contributed by atoms with Crippen LogP contribution in [0.1, 0.15) is 0 Å². The Morgan fingerprint density at radius 2 is 2.07 bits per heavy atom. The van der Waals surface area contributed by atoms with Crippen molar-refractivity contribution in [2.75, 3.05) is 20.4 Å². The number of rotatable bonds is 2. The topological polar surface area (TPSA) is 55.7 Å². The molecule has 0 saturated carbocycles. The first-order chi connectivity index (χ1) is 6.52. The molecule has 0 fully saturated rings. The van der Waals surface area contributed by atoms with E-state index in [0.717, 1.165) is 10.8 Å². The Kier molecular flexibility index (Phi) is 6.87. The standard InChI is InChI=1S/C7H10NO3PS2/c1-11-7(10)8-4-5(12(2)3)6(9)14-13/h4H,1-3H3/p+1. The molecule has 0 aromatic heterocycles. The van der Waals surface area contributed by atoms with Gasteiger partial charge >= 0.3 is 6.09 Å². The zero-order valence-electron chi connectivity index (χ0n) is 8.05. The second-order valence-electron chi connectivity index (χ2n) is 2.39. The first-order valence-electron chi connectivity index (χ1n) is 3.55. The smallest absolute Gasteiger partial charge is 0.433 e. The van der Waals surface area contributed by atoms with Crippen molar-refractivity contribution in [3.05, 3.63) is 0 Å². The minimum absolute atomic E-state index is 0.183. The highest BCUT2D eigenvalue weighted by atomic mass is 33.1. The van der Waals surface area contributed by atoms with Crippen LogP contribution in [0.5, 0.6) is 0 Å². The lowest BCUT2D eigenvalue weighted by Gasteiger charge is -1.91. The van der Waals surface area contributed by atoms with Crippen LogP contribution in [0.25, 0.3) is 0 Å². The summed E-state index contributed by atoms with van der Waals surface area (Å²) in [5, 5.41) is 0.322. The number of ether oxygens (including phenoxy) is 1. The summed E-state index contributed by atoms with van der Waals surface area (Å²) in [5.74, 6) is 0. The second-order valence-corrected chi connectivity index (χ2v) is 5.76. The quantitative estimate of drug-likeness (QED) is 0.352. The van der Waals surface area contributed by atoms with E-state index in [0.29, 0.717) is 5.29 Å². The second kappa shape index (κ2) is 7.04. The van der Waals surface area contributed by atoms with Crippen molar-refractivity contribution < 1.29 is 14.3 Å². The number of hydrogen-bond donors (Lipinski definition) is 1. The van der Waals surface area contributed by atoms with Crippen molar-refractivity contribution in [1.82, 2.24) is 0 Å². The van der Waals surface area contributed by atoms with Crippen LogP contribution in [0.2, 0.25) is 0 Å². The summed E-state index contributed by atoms with van der Waals surface area (Å²) in [7, 11) is 1.44. The molecule has 14 heavy (non-hydrogen) atoms. The minimum atomic E-state index is -0.712. The fourth-order valence-corrected chi connectivity index (χ4v) is 2.56. The number of thiol groups is 1. The fourth-order valence-electron chi connectivity index (χ4n) is 0.564. The lowest BCUT2D eigenvalue weighted by molar-refractivity contribution is -0.105. The third kappa shape index (κ3) is 4.79. The molecular weight excluding hydrogens is 241 g/mol. The molecule has 0 aromatic carbocycles. The molecule has 78 valence electrons. The van der Waals surface area contributed by atoms with Crippen LogP contribution < -0.4 is 0 Å². The third-order valence-corrected chi connectivity index (χ3v) is 3.56. The maximum absolute atomic E-state index is 11.3. The van der Waals surface area contributed by atoms with Crippen LogP contribution in [0.4, 0.5) is 4.79 Å². The van der Waals surface area contributed by atoms with E-state index in [-0.39, 0.29) is 5.12 Å². The summed E-state index contributed by atoms with van der Waals surface area (Å²) in [4.78, 5) is 25.4. The molecule has 0 unspecified atom stereocenters. The van der Waals surface area contributed by atoms with Gasteiger partial charge in [-0.15, -0.1) is 11.7 Å². The van der Waals surface area contributed by atoms with Crippen LogP contribution >= 0.6 is 30.0 Å². The van der Waals surface area contributed by atoms with E-state index in [9.17, 15) is 9.59 Å². The van der Waals surface area contributed by atoms with Gasteiger partial charge in [0.25, 0.3) is 5.12 Å². The van der Waals surface area contributed by atoms with Crippen molar-refractivity contribution in [2.24, 2.45) is 4.99 Å². The molecule has 1 amide bonds. The Labute approximate surface area is 92.7 Å². The Hall–Kier alpha value is -0.320. The summed E-state index contributed by atoms with van der Waals surface area (Å²) < 4.78 is 4.31. The van der Waals surface area contributed by atoms with E-state index in [1.807, 2.05) is 13.3 Å². The van der Waals surface area contributed by atoms with Crippen LogP contribution in [-0.4, -0.2) is 43.2 Å². The van der Waals surface area contributed by atoms with E-state index in [1.54, 1.807) is 0 Å². The maximum Gasteiger partial charge on any atom is 0.433 e. The van der Waals surface area contributed by atoms with Crippen LogP contribution in [-0.2, 0) is 9.53 Å². The molecule has 0 aliphatic heterocycles. The summed E-state index contributed by atoms with van der Waals surface area (Å²) in [5.41, 5.74) is 0. The fraction of sp³-hybridized carbons (Fsp3) is 0.429. The molecule has 0 rings (SSSR count). The molecule has 0 aliphatic rings. The van der Waals surface area contributed by atoms with Gasteiger partial charge in [-0.3, -0.25) is 4.79 Å². The Morgan fingerprint density at radius 1 is 1.50 bits per heavy atom. The highest BCUT2D eigenvalue weighted by molar-refractivity contribution is 8.75. The maximum atomic E-state index is 11.3. The molecule has 0 atom stereocenters. The van der Waals surface area contributed by atoms with Crippen molar-refractivity contribution in [1.29, 1.82) is 0 Å². The summed E-state index contributed by atoms with van der Waals surface area (Å²) >= 11 is 3.80. The molecule has 7 heteroatoms. The molecule has 0 aromatic rings. The third-order valence-electron chi connectivity index (χ3n) is 1.24. The van der Waals surface area contributed by atoms with E-state index >= 15 is 0 Å². The van der Waals surface area contributed by atoms with Gasteiger partial charge in [0.05, 0.1) is 26.7 Å². The summed E-state index contributed by atoms with van der Waals surface area (Å²) in [6, 6.07) is 0. The minimum Gasteiger partial charge on any atom is -0.451 e. The molecule has 4 nitrogen and oxygen atoms in total. The van der Waals surface area contributed by atoms with E-state index in [2.05, 4.69) is 21.4 Å². The lowest BCUT2D eigenvalue weighted by atomic mass is 10.5. The van der Waals surface area contributed by atoms with Crippen LogP contribution in [0.3, 0.4) is 0 Å². The number of carbonyl (C=O) groups excluding carboxylic acids is 2. The average Bonchev–Trinajstić information content (AvgIpc) is 2.16. The molecule has 0 bridgehead atoms. The first-order valence-corrected chi connectivity index (χ1v) is 7.65. The summed E-state index contributed by atoms with van der Waals surface area (Å²) in [6.07, 6.45) is 0.541. The number of carbonyl (C=O) groups is 2. The van der Waals surface area contributed by atoms with Gasteiger partial charge < -0.3 is 4.74 Å². The van der Waals surface area contributed by atoms with Gasteiger partial charge in [-0.25, -0.2) is 4.79 Å². The zero-order valence-corrected chi connectivity index (χ0v) is 10.7. The molecule has 0 heterocycles. The van der Waals surface area contributed by atoms with Crippen LogP contribution in [0.15, 0.2) is 4.99 Å². The number of aliphatic imine (C=N–C) groups is 1. The predicted octanol–water partition coefficient (Wildman–Crippen LogP) is 1.84. The largest absolute Gasteiger partial charge is 0.451 e. The molecule has 0 spiro atoms. The normalized spacial score (nSPS) is 10.0. The van der Waals surface area contributed by atoms with Crippen molar-refractivity contribution >= 4 is 52.7 Å². The number of hydrogen-bond acceptors (Lipinski definition) is 5.